The van der Waals surface area contributed by atoms with Gasteiger partial charge in [0.1, 0.15) is 5.69 Å². The lowest BCUT2D eigenvalue weighted by atomic mass is 10.2. The van der Waals surface area contributed by atoms with E-state index in [0.717, 1.165) is 37.3 Å². The van der Waals surface area contributed by atoms with Crippen LogP contribution in [-0.4, -0.2) is 38.1 Å². The van der Waals surface area contributed by atoms with Crippen molar-refractivity contribution in [3.05, 3.63) is 66.8 Å². The smallest absolute Gasteiger partial charge is 0.195 e. The first-order valence-electron chi connectivity index (χ1n) is 8.96. The first-order chi connectivity index (χ1) is 13.4. The second-order valence-corrected chi connectivity index (χ2v) is 6.51. The summed E-state index contributed by atoms with van der Waals surface area (Å²) < 4.78 is 7.18. The normalized spacial score (nSPS) is 13.1. The van der Waals surface area contributed by atoms with Gasteiger partial charge in [-0.1, -0.05) is 23.4 Å². The number of furan rings is 1. The van der Waals surface area contributed by atoms with Crippen LogP contribution >= 0.6 is 0 Å². The molecule has 0 amide bonds. The second-order valence-electron chi connectivity index (χ2n) is 6.51. The van der Waals surface area contributed by atoms with Gasteiger partial charge in [-0.3, -0.25) is 4.68 Å². The molecule has 0 saturated heterocycles. The van der Waals surface area contributed by atoms with Gasteiger partial charge in [-0.05, 0) is 30.2 Å². The summed E-state index contributed by atoms with van der Waals surface area (Å²) in [5.41, 5.74) is 4.36. The monoisotopic (exact) mass is 358 g/mol. The van der Waals surface area contributed by atoms with E-state index in [-0.39, 0.29) is 0 Å². The minimum absolute atomic E-state index is 0.559. The van der Waals surface area contributed by atoms with Crippen LogP contribution in [0.3, 0.4) is 0 Å². The average molecular weight is 358 g/mol. The molecule has 0 radical (unpaired) electrons. The molecule has 4 heterocycles. The largest absolute Gasteiger partial charge is 0.461 e. The number of aromatic nitrogens is 5. The maximum Gasteiger partial charge on any atom is 0.195 e. The molecule has 27 heavy (non-hydrogen) atoms. The highest BCUT2D eigenvalue weighted by atomic mass is 16.3. The van der Waals surface area contributed by atoms with Crippen LogP contribution in [0.15, 0.2) is 65.7 Å². The molecule has 0 spiro atoms. The van der Waals surface area contributed by atoms with Gasteiger partial charge in [0, 0.05) is 36.7 Å². The minimum atomic E-state index is 0.559. The molecule has 4 aromatic rings. The molecule has 134 valence electrons. The third kappa shape index (κ3) is 3.08. The van der Waals surface area contributed by atoms with Crippen molar-refractivity contribution in [2.24, 2.45) is 0 Å². The molecule has 0 bridgehead atoms. The van der Waals surface area contributed by atoms with Crippen LogP contribution in [0.25, 0.3) is 22.8 Å². The molecule has 5 rings (SSSR count). The Kier molecular flexibility index (Phi) is 3.90. The van der Waals surface area contributed by atoms with Crippen molar-refractivity contribution >= 4 is 5.69 Å². The molecule has 0 atom stereocenters. The number of hydrogen-bond donors (Lipinski definition) is 0. The van der Waals surface area contributed by atoms with E-state index < -0.39 is 0 Å². The fourth-order valence-electron chi connectivity index (χ4n) is 3.40. The van der Waals surface area contributed by atoms with Crippen molar-refractivity contribution in [3.63, 3.8) is 0 Å². The summed E-state index contributed by atoms with van der Waals surface area (Å²) in [7, 11) is 0. The van der Waals surface area contributed by atoms with Crippen molar-refractivity contribution in [2.45, 2.75) is 13.0 Å². The average Bonchev–Trinajstić information content (AvgIpc) is 3.47. The first-order valence-corrected chi connectivity index (χ1v) is 8.96. The van der Waals surface area contributed by atoms with E-state index in [2.05, 4.69) is 49.4 Å². The Bertz CT molecular complexity index is 1040. The summed E-state index contributed by atoms with van der Waals surface area (Å²) in [4.78, 5) is 11.1. The summed E-state index contributed by atoms with van der Waals surface area (Å²) in [5, 5.41) is 8.51. The van der Waals surface area contributed by atoms with Gasteiger partial charge < -0.3 is 9.32 Å². The summed E-state index contributed by atoms with van der Waals surface area (Å²) in [6, 6.07) is 12.2. The van der Waals surface area contributed by atoms with Crippen molar-refractivity contribution in [2.75, 3.05) is 18.0 Å². The van der Waals surface area contributed by atoms with Crippen LogP contribution in [0.1, 0.15) is 5.56 Å². The van der Waals surface area contributed by atoms with Crippen molar-refractivity contribution in [1.29, 1.82) is 0 Å². The number of benzene rings is 1. The van der Waals surface area contributed by atoms with Crippen molar-refractivity contribution in [1.82, 2.24) is 25.0 Å². The van der Waals surface area contributed by atoms with Crippen LogP contribution in [0.4, 0.5) is 5.69 Å². The number of fused-ring (bicyclic) bond motifs is 1. The van der Waals surface area contributed by atoms with Gasteiger partial charge in [0.15, 0.2) is 11.6 Å². The zero-order valence-electron chi connectivity index (χ0n) is 14.7. The summed E-state index contributed by atoms with van der Waals surface area (Å²) in [6.45, 7) is 2.75. The Morgan fingerprint density at radius 3 is 2.74 bits per heavy atom. The predicted octanol–water partition coefficient (Wildman–Crippen LogP) is 3.06. The van der Waals surface area contributed by atoms with Gasteiger partial charge >= 0.3 is 0 Å². The van der Waals surface area contributed by atoms with E-state index in [1.165, 1.54) is 11.3 Å². The fourth-order valence-corrected chi connectivity index (χ4v) is 3.40. The topological polar surface area (TPSA) is 72.9 Å². The molecular weight excluding hydrogens is 340 g/mol. The molecule has 0 unspecified atom stereocenters. The molecule has 0 N–H and O–H groups in total. The zero-order chi connectivity index (χ0) is 18.1. The van der Waals surface area contributed by atoms with E-state index in [9.17, 15) is 0 Å². The fraction of sp³-hybridized carbons (Fsp3) is 0.200. The van der Waals surface area contributed by atoms with Gasteiger partial charge in [0.25, 0.3) is 0 Å². The Hall–Kier alpha value is -3.48. The second kappa shape index (κ2) is 6.68. The van der Waals surface area contributed by atoms with Gasteiger partial charge in [0.2, 0.25) is 0 Å². The lowest BCUT2D eigenvalue weighted by Crippen LogP contribution is -2.25. The highest BCUT2D eigenvalue weighted by molar-refractivity contribution is 5.58. The Morgan fingerprint density at radius 1 is 1.00 bits per heavy atom. The van der Waals surface area contributed by atoms with E-state index >= 15 is 0 Å². The van der Waals surface area contributed by atoms with Gasteiger partial charge in [-0.2, -0.15) is 0 Å². The van der Waals surface area contributed by atoms with Crippen LogP contribution in [0.2, 0.25) is 0 Å². The van der Waals surface area contributed by atoms with Crippen LogP contribution < -0.4 is 4.90 Å². The van der Waals surface area contributed by atoms with E-state index in [0.29, 0.717) is 11.6 Å². The highest BCUT2D eigenvalue weighted by Gasteiger charge is 2.18. The maximum absolute atomic E-state index is 5.31. The van der Waals surface area contributed by atoms with Gasteiger partial charge in [-0.25, -0.2) is 9.97 Å². The summed E-state index contributed by atoms with van der Waals surface area (Å²) >= 11 is 0. The van der Waals surface area contributed by atoms with E-state index in [1.54, 1.807) is 18.7 Å². The Balaban J connectivity index is 1.26. The number of hydrogen-bond acceptors (Lipinski definition) is 6. The summed E-state index contributed by atoms with van der Waals surface area (Å²) in [5.74, 6) is 1.21. The lowest BCUT2D eigenvalue weighted by molar-refractivity contribution is 0.577. The molecule has 3 aromatic heterocycles. The Labute approximate surface area is 156 Å². The molecule has 7 heteroatoms. The minimum Gasteiger partial charge on any atom is -0.461 e. The zero-order valence-corrected chi connectivity index (χ0v) is 14.7. The number of rotatable bonds is 5. The standard InChI is InChI=1S/C20H18N6O/c1-2-5-18-15(4-1)7-8-25(18)9-10-26-14-17(23-24-26)16-12-21-20(22-13-16)19-6-3-11-27-19/h1-6,11-14H,7-10H2. The molecule has 0 fully saturated rings. The van der Waals surface area contributed by atoms with E-state index in [1.807, 2.05) is 23.0 Å². The quantitative estimate of drug-likeness (QED) is 0.546. The van der Waals surface area contributed by atoms with E-state index in [4.69, 9.17) is 4.42 Å². The molecule has 1 aliphatic rings. The molecule has 1 aliphatic heterocycles. The predicted molar refractivity (Wildman–Crippen MR) is 101 cm³/mol. The number of nitrogens with zero attached hydrogens (tertiary/aromatic N) is 6. The van der Waals surface area contributed by atoms with Gasteiger partial charge in [-0.15, -0.1) is 5.10 Å². The third-order valence-electron chi connectivity index (χ3n) is 4.81. The van der Waals surface area contributed by atoms with Crippen molar-refractivity contribution < 1.29 is 4.42 Å². The van der Waals surface area contributed by atoms with Crippen LogP contribution in [-0.2, 0) is 13.0 Å². The number of para-hydroxylation sites is 1. The SMILES string of the molecule is c1coc(-c2ncc(-c3cn(CCN4CCc5ccccc54)nn3)cn2)c1. The Morgan fingerprint density at radius 2 is 1.89 bits per heavy atom. The lowest BCUT2D eigenvalue weighted by Gasteiger charge is -2.18. The van der Waals surface area contributed by atoms with Crippen molar-refractivity contribution in [3.8, 4) is 22.8 Å². The first kappa shape index (κ1) is 15.7. The summed E-state index contributed by atoms with van der Waals surface area (Å²) in [6.07, 6.45) is 8.15. The van der Waals surface area contributed by atoms with Gasteiger partial charge in [0.05, 0.1) is 19.0 Å². The third-order valence-corrected chi connectivity index (χ3v) is 4.81. The molecule has 0 saturated carbocycles. The molecule has 0 aliphatic carbocycles. The number of anilines is 1. The van der Waals surface area contributed by atoms with Crippen LogP contribution in [0.5, 0.6) is 0 Å². The molecular formula is C20H18N6O. The highest BCUT2D eigenvalue weighted by Crippen LogP contribution is 2.27. The molecule has 1 aromatic carbocycles. The van der Waals surface area contributed by atoms with Crippen LogP contribution in [0, 0.1) is 0 Å². The molecule has 7 nitrogen and oxygen atoms in total. The maximum atomic E-state index is 5.31.